The van der Waals surface area contributed by atoms with Crippen LogP contribution in [-0.4, -0.2) is 34.6 Å². The molecule has 9 heteroatoms. The molecule has 0 bridgehead atoms. The van der Waals surface area contributed by atoms with Crippen molar-refractivity contribution in [3.8, 4) is 11.5 Å². The third-order valence-electron chi connectivity index (χ3n) is 5.10. The smallest absolute Gasteiger partial charge is 0.264 e. The molecule has 0 radical (unpaired) electrons. The Hall–Kier alpha value is -3.23. The fourth-order valence-corrected chi connectivity index (χ4v) is 5.01. The van der Waals surface area contributed by atoms with Crippen molar-refractivity contribution in [2.75, 3.05) is 24.6 Å². The van der Waals surface area contributed by atoms with Gasteiger partial charge >= 0.3 is 0 Å². The van der Waals surface area contributed by atoms with Gasteiger partial charge in [0.15, 0.2) is 0 Å². The zero-order valence-electron chi connectivity index (χ0n) is 19.2. The van der Waals surface area contributed by atoms with Gasteiger partial charge in [0.2, 0.25) is 5.91 Å². The van der Waals surface area contributed by atoms with Crippen LogP contribution in [0.5, 0.6) is 11.5 Å². The Balaban J connectivity index is 1.90. The Kier molecular flexibility index (Phi) is 8.41. The second-order valence-corrected chi connectivity index (χ2v) is 9.73. The molecule has 0 saturated carbocycles. The maximum Gasteiger partial charge on any atom is 0.264 e. The molecule has 1 N–H and O–H groups in total. The number of ether oxygens (including phenoxy) is 2. The molecule has 3 aromatic carbocycles. The molecule has 0 aliphatic carbocycles. The lowest BCUT2D eigenvalue weighted by atomic mass is 10.1. The Morgan fingerprint density at radius 2 is 1.74 bits per heavy atom. The van der Waals surface area contributed by atoms with E-state index in [9.17, 15) is 13.2 Å². The first-order chi connectivity index (χ1) is 16.3. The number of methoxy groups -OCH3 is 1. The van der Waals surface area contributed by atoms with Crippen molar-refractivity contribution in [2.24, 2.45) is 0 Å². The molecule has 3 rings (SSSR count). The Bertz CT molecular complexity index is 1220. The lowest BCUT2D eigenvalue weighted by molar-refractivity contribution is -0.120. The number of sulfonamides is 1. The summed E-state index contributed by atoms with van der Waals surface area (Å²) < 4.78 is 38.9. The molecule has 7 nitrogen and oxygen atoms in total. The normalized spacial score (nSPS) is 12.0. The molecule has 1 atom stereocenters. The molecular weight excluding hydrogens is 476 g/mol. The van der Waals surface area contributed by atoms with Gasteiger partial charge in [0.25, 0.3) is 10.0 Å². The Morgan fingerprint density at radius 1 is 1.06 bits per heavy atom. The zero-order chi connectivity index (χ0) is 24.7. The minimum Gasteiger partial charge on any atom is -0.495 e. The molecule has 0 fully saturated rings. The highest BCUT2D eigenvalue weighted by Gasteiger charge is 2.30. The van der Waals surface area contributed by atoms with Gasteiger partial charge in [-0.15, -0.1) is 0 Å². The predicted octanol–water partition coefficient (Wildman–Crippen LogP) is 4.82. The molecule has 34 heavy (non-hydrogen) atoms. The van der Waals surface area contributed by atoms with Gasteiger partial charge in [-0.2, -0.15) is 0 Å². The van der Waals surface area contributed by atoms with Crippen molar-refractivity contribution in [2.45, 2.75) is 24.8 Å². The van der Waals surface area contributed by atoms with Crippen LogP contribution in [-0.2, 0) is 14.8 Å². The van der Waals surface area contributed by atoms with Crippen molar-refractivity contribution < 1.29 is 22.7 Å². The summed E-state index contributed by atoms with van der Waals surface area (Å²) >= 11 is 6.16. The molecule has 180 valence electrons. The van der Waals surface area contributed by atoms with Gasteiger partial charge in [0.1, 0.15) is 18.0 Å². The van der Waals surface area contributed by atoms with Gasteiger partial charge < -0.3 is 14.8 Å². The van der Waals surface area contributed by atoms with Crippen molar-refractivity contribution >= 4 is 33.2 Å². The largest absolute Gasteiger partial charge is 0.495 e. The average Bonchev–Trinajstić information content (AvgIpc) is 2.83. The number of anilines is 1. The van der Waals surface area contributed by atoms with Crippen molar-refractivity contribution in [3.63, 3.8) is 0 Å². The molecule has 0 spiro atoms. The van der Waals surface area contributed by atoms with E-state index in [2.05, 4.69) is 5.32 Å². The molecule has 0 aromatic heterocycles. The monoisotopic (exact) mass is 502 g/mol. The summed E-state index contributed by atoms with van der Waals surface area (Å²) in [5.74, 6) is 0.525. The lowest BCUT2D eigenvalue weighted by Gasteiger charge is -2.26. The van der Waals surface area contributed by atoms with E-state index in [0.29, 0.717) is 11.6 Å². The Labute approximate surface area is 205 Å². The van der Waals surface area contributed by atoms with Crippen LogP contribution in [0.2, 0.25) is 5.02 Å². The van der Waals surface area contributed by atoms with E-state index in [4.69, 9.17) is 21.1 Å². The number of nitrogens with one attached hydrogen (secondary N) is 1. The zero-order valence-corrected chi connectivity index (χ0v) is 20.8. The van der Waals surface area contributed by atoms with E-state index in [0.717, 1.165) is 15.6 Å². The topological polar surface area (TPSA) is 84.9 Å². The summed E-state index contributed by atoms with van der Waals surface area (Å²) in [5.41, 5.74) is 1.03. The summed E-state index contributed by atoms with van der Waals surface area (Å²) in [4.78, 5) is 13.1. The molecule has 0 aliphatic heterocycles. The molecule has 3 aromatic rings. The number of amides is 1. The van der Waals surface area contributed by atoms with Crippen molar-refractivity contribution in [1.82, 2.24) is 5.32 Å². The van der Waals surface area contributed by atoms with E-state index >= 15 is 0 Å². The molecule has 0 aliphatic rings. The lowest BCUT2D eigenvalue weighted by Crippen LogP contribution is -2.41. The van der Waals surface area contributed by atoms with Gasteiger partial charge in [-0.05, 0) is 61.9 Å². The average molecular weight is 503 g/mol. The number of benzene rings is 3. The third-order valence-corrected chi connectivity index (χ3v) is 7.11. The van der Waals surface area contributed by atoms with Gasteiger partial charge in [0, 0.05) is 5.02 Å². The molecule has 0 saturated heterocycles. The molecule has 0 unspecified atom stereocenters. The second kappa shape index (κ2) is 11.3. The highest BCUT2D eigenvalue weighted by molar-refractivity contribution is 7.92. The first-order valence-corrected chi connectivity index (χ1v) is 12.5. The minimum absolute atomic E-state index is 0.0457. The predicted molar refractivity (Wildman–Crippen MR) is 133 cm³/mol. The summed E-state index contributed by atoms with van der Waals surface area (Å²) in [6, 6.07) is 19.5. The van der Waals surface area contributed by atoms with Crippen molar-refractivity contribution in [3.05, 3.63) is 83.4 Å². The van der Waals surface area contributed by atoms with Crippen LogP contribution in [0, 0.1) is 0 Å². The van der Waals surface area contributed by atoms with Crippen LogP contribution >= 0.6 is 11.6 Å². The van der Waals surface area contributed by atoms with Crippen LogP contribution in [0.1, 0.15) is 25.5 Å². The summed E-state index contributed by atoms with van der Waals surface area (Å²) in [5, 5.41) is 3.18. The van der Waals surface area contributed by atoms with Gasteiger partial charge in [-0.1, -0.05) is 41.9 Å². The van der Waals surface area contributed by atoms with E-state index in [-0.39, 0.29) is 22.4 Å². The first kappa shape index (κ1) is 25.4. The SMILES string of the molecule is CCOc1ccc([C@@H](C)NC(=O)CN(c2cc(Cl)ccc2OC)S(=O)(=O)c2ccccc2)cc1. The maximum absolute atomic E-state index is 13.5. The Morgan fingerprint density at radius 3 is 2.35 bits per heavy atom. The van der Waals surface area contributed by atoms with Gasteiger partial charge in [0.05, 0.1) is 30.3 Å². The van der Waals surface area contributed by atoms with Crippen LogP contribution < -0.4 is 19.1 Å². The summed E-state index contributed by atoms with van der Waals surface area (Å²) in [6.45, 7) is 3.82. The number of nitrogens with zero attached hydrogens (tertiary/aromatic N) is 1. The molecule has 0 heterocycles. The fraction of sp³-hybridized carbons (Fsp3) is 0.240. The number of halogens is 1. The van der Waals surface area contributed by atoms with Gasteiger partial charge in [-0.25, -0.2) is 8.42 Å². The summed E-state index contributed by atoms with van der Waals surface area (Å²) in [7, 11) is -2.67. The van der Waals surface area contributed by atoms with Crippen LogP contribution in [0.4, 0.5) is 5.69 Å². The van der Waals surface area contributed by atoms with E-state index in [1.54, 1.807) is 30.3 Å². The van der Waals surface area contributed by atoms with E-state index < -0.39 is 22.5 Å². The second-order valence-electron chi connectivity index (χ2n) is 7.43. The van der Waals surface area contributed by atoms with E-state index in [1.165, 1.54) is 25.3 Å². The quantitative estimate of drug-likeness (QED) is 0.429. The number of carbonyl (C=O) groups is 1. The standard InChI is InChI=1S/C25H27ClN2O5S/c1-4-33-21-13-10-19(11-14-21)18(2)27-25(29)17-28(23-16-20(26)12-15-24(23)32-3)34(30,31)22-8-6-5-7-9-22/h5-16,18H,4,17H2,1-3H3,(H,27,29)/t18-/m1/s1. The number of hydrogen-bond donors (Lipinski definition) is 1. The molecular formula is C25H27ClN2O5S. The number of rotatable bonds is 10. The number of carbonyl (C=O) groups excluding carboxylic acids is 1. The summed E-state index contributed by atoms with van der Waals surface area (Å²) in [6.07, 6.45) is 0. The van der Waals surface area contributed by atoms with Crippen LogP contribution in [0.15, 0.2) is 77.7 Å². The fourth-order valence-electron chi connectivity index (χ4n) is 3.40. The van der Waals surface area contributed by atoms with Gasteiger partial charge in [-0.3, -0.25) is 9.10 Å². The van der Waals surface area contributed by atoms with Crippen LogP contribution in [0.25, 0.3) is 0 Å². The first-order valence-electron chi connectivity index (χ1n) is 10.7. The van der Waals surface area contributed by atoms with Crippen LogP contribution in [0.3, 0.4) is 0 Å². The van der Waals surface area contributed by atoms with E-state index in [1.807, 2.05) is 38.1 Å². The maximum atomic E-state index is 13.5. The minimum atomic E-state index is -4.09. The third kappa shape index (κ3) is 6.01. The number of hydrogen-bond acceptors (Lipinski definition) is 5. The highest BCUT2D eigenvalue weighted by atomic mass is 35.5. The van der Waals surface area contributed by atoms with Crippen molar-refractivity contribution in [1.29, 1.82) is 0 Å². The highest BCUT2D eigenvalue weighted by Crippen LogP contribution is 2.34. The molecule has 1 amide bonds.